The summed E-state index contributed by atoms with van der Waals surface area (Å²) in [6, 6.07) is 6.29. The predicted molar refractivity (Wildman–Crippen MR) is 67.2 cm³/mol. The Morgan fingerprint density at radius 3 is 3.00 bits per heavy atom. The highest BCUT2D eigenvalue weighted by Crippen LogP contribution is 2.26. The van der Waals surface area contributed by atoms with Crippen LogP contribution in [0.25, 0.3) is 10.9 Å². The molecule has 3 nitrogen and oxygen atoms in total. The van der Waals surface area contributed by atoms with Crippen molar-refractivity contribution in [3.8, 4) is 0 Å². The van der Waals surface area contributed by atoms with Gasteiger partial charge >= 0.3 is 0 Å². The van der Waals surface area contributed by atoms with Crippen LogP contribution in [0.15, 0.2) is 18.2 Å². The van der Waals surface area contributed by atoms with Crippen LogP contribution in [0.3, 0.4) is 0 Å². The fraction of sp³-hybridized carbons (Fsp3) is 0.364. The topological polar surface area (TPSA) is 29.9 Å². The number of aryl methyl sites for hydroxylation is 2. The van der Waals surface area contributed by atoms with Gasteiger partial charge in [0, 0.05) is 18.2 Å². The second-order valence-corrected chi connectivity index (χ2v) is 4.55. The molecule has 0 fully saturated rings. The van der Waals surface area contributed by atoms with Crippen LogP contribution in [-0.2, 0) is 7.05 Å². The quantitative estimate of drug-likeness (QED) is 0.808. The van der Waals surface area contributed by atoms with Gasteiger partial charge in [0.2, 0.25) is 0 Å². The second kappa shape index (κ2) is 4.14. The number of para-hydroxylation sites is 1. The van der Waals surface area contributed by atoms with E-state index < -0.39 is 0 Å². The molecular weight excluding hydrogens is 206 g/mol. The van der Waals surface area contributed by atoms with Gasteiger partial charge in [0.15, 0.2) is 5.82 Å². The van der Waals surface area contributed by atoms with E-state index in [2.05, 4.69) is 41.9 Å². The minimum absolute atomic E-state index is 0.961. The van der Waals surface area contributed by atoms with Crippen molar-refractivity contribution in [1.29, 1.82) is 0 Å². The molecule has 0 aliphatic heterocycles. The van der Waals surface area contributed by atoms with Crippen LogP contribution < -0.4 is 4.72 Å². The summed E-state index contributed by atoms with van der Waals surface area (Å²) >= 11 is 1.67. The summed E-state index contributed by atoms with van der Waals surface area (Å²) in [7, 11) is 1.98. The molecule has 0 aliphatic rings. The molecule has 0 bridgehead atoms. The van der Waals surface area contributed by atoms with E-state index in [4.69, 9.17) is 0 Å². The minimum Gasteiger partial charge on any atom is -0.312 e. The summed E-state index contributed by atoms with van der Waals surface area (Å²) in [5.74, 6) is 1.99. The monoisotopic (exact) mass is 221 g/mol. The minimum atomic E-state index is 0.961. The normalized spacial score (nSPS) is 10.9. The summed E-state index contributed by atoms with van der Waals surface area (Å²) in [6.07, 6.45) is 0. The average molecular weight is 221 g/mol. The fourth-order valence-electron chi connectivity index (χ4n) is 1.75. The van der Waals surface area contributed by atoms with E-state index in [-0.39, 0.29) is 0 Å². The molecule has 0 atom stereocenters. The van der Waals surface area contributed by atoms with E-state index in [0.29, 0.717) is 0 Å². The first-order valence-corrected chi connectivity index (χ1v) is 6.02. The number of hydrogen-bond acceptors (Lipinski definition) is 3. The number of anilines is 1. The van der Waals surface area contributed by atoms with E-state index in [1.54, 1.807) is 11.9 Å². The molecule has 1 aromatic heterocycles. The standard InChI is InChI=1S/C11H15N3S/c1-4-15-13-11-9-7-5-6-8(2)10(9)14(3)12-11/h5-7H,4H2,1-3H3,(H,12,13). The first kappa shape index (κ1) is 10.4. The lowest BCUT2D eigenvalue weighted by Crippen LogP contribution is -1.92. The van der Waals surface area contributed by atoms with Gasteiger partial charge in [0.05, 0.1) is 5.52 Å². The van der Waals surface area contributed by atoms with Crippen LogP contribution in [0.4, 0.5) is 5.82 Å². The highest BCUT2D eigenvalue weighted by atomic mass is 32.2. The molecule has 0 aliphatic carbocycles. The third-order valence-electron chi connectivity index (χ3n) is 2.38. The summed E-state index contributed by atoms with van der Waals surface area (Å²) < 4.78 is 5.20. The number of rotatable bonds is 3. The van der Waals surface area contributed by atoms with E-state index in [0.717, 1.165) is 11.6 Å². The Balaban J connectivity index is 2.53. The van der Waals surface area contributed by atoms with Gasteiger partial charge in [-0.05, 0) is 18.6 Å². The molecule has 1 heterocycles. The molecule has 0 amide bonds. The molecule has 1 aromatic carbocycles. The Hall–Kier alpha value is -1.16. The third-order valence-corrected chi connectivity index (χ3v) is 3.01. The largest absolute Gasteiger partial charge is 0.312 e. The van der Waals surface area contributed by atoms with Crippen molar-refractivity contribution in [1.82, 2.24) is 9.78 Å². The van der Waals surface area contributed by atoms with E-state index in [1.807, 2.05) is 11.7 Å². The van der Waals surface area contributed by atoms with Crippen LogP contribution in [0.1, 0.15) is 12.5 Å². The molecule has 80 valence electrons. The number of nitrogens with one attached hydrogen (secondary N) is 1. The van der Waals surface area contributed by atoms with Crippen molar-refractivity contribution >= 4 is 28.7 Å². The van der Waals surface area contributed by atoms with Crippen LogP contribution in [-0.4, -0.2) is 15.5 Å². The van der Waals surface area contributed by atoms with Crippen LogP contribution in [0.2, 0.25) is 0 Å². The molecule has 4 heteroatoms. The van der Waals surface area contributed by atoms with Crippen LogP contribution >= 0.6 is 11.9 Å². The molecule has 0 saturated carbocycles. The molecule has 2 rings (SSSR count). The number of hydrogen-bond donors (Lipinski definition) is 1. The van der Waals surface area contributed by atoms with Gasteiger partial charge in [-0.15, -0.1) is 0 Å². The molecule has 15 heavy (non-hydrogen) atoms. The maximum atomic E-state index is 4.47. The SMILES string of the molecule is CCSNc1nn(C)c2c(C)cccc12. The van der Waals surface area contributed by atoms with Crippen molar-refractivity contribution in [2.75, 3.05) is 10.5 Å². The molecular formula is C11H15N3S. The highest BCUT2D eigenvalue weighted by Gasteiger charge is 2.09. The van der Waals surface area contributed by atoms with Gasteiger partial charge in [-0.1, -0.05) is 31.0 Å². The number of aromatic nitrogens is 2. The zero-order valence-corrected chi connectivity index (χ0v) is 10.1. The van der Waals surface area contributed by atoms with Gasteiger partial charge in [0.25, 0.3) is 0 Å². The predicted octanol–water partition coefficient (Wildman–Crippen LogP) is 2.96. The van der Waals surface area contributed by atoms with Crippen LogP contribution in [0.5, 0.6) is 0 Å². The zero-order chi connectivity index (χ0) is 10.8. The Morgan fingerprint density at radius 2 is 2.27 bits per heavy atom. The molecule has 1 N–H and O–H groups in total. The lowest BCUT2D eigenvalue weighted by Gasteiger charge is -1.99. The van der Waals surface area contributed by atoms with Crippen LogP contribution in [0, 0.1) is 6.92 Å². The summed E-state index contributed by atoms with van der Waals surface area (Å²) in [5.41, 5.74) is 2.47. The van der Waals surface area contributed by atoms with Gasteiger partial charge in [-0.2, -0.15) is 5.10 Å². The van der Waals surface area contributed by atoms with Crippen molar-refractivity contribution in [3.05, 3.63) is 23.8 Å². The Kier molecular flexibility index (Phi) is 2.86. The summed E-state index contributed by atoms with van der Waals surface area (Å²) in [6.45, 7) is 4.23. The third kappa shape index (κ3) is 1.81. The van der Waals surface area contributed by atoms with Crippen molar-refractivity contribution in [2.24, 2.45) is 7.05 Å². The second-order valence-electron chi connectivity index (χ2n) is 3.48. The lowest BCUT2D eigenvalue weighted by molar-refractivity contribution is 0.800. The van der Waals surface area contributed by atoms with Gasteiger partial charge in [-0.3, -0.25) is 4.68 Å². The molecule has 0 unspecified atom stereocenters. The Labute approximate surface area is 94.0 Å². The molecule has 0 saturated heterocycles. The van der Waals surface area contributed by atoms with E-state index in [1.165, 1.54) is 16.5 Å². The number of nitrogens with zero attached hydrogens (tertiary/aromatic N) is 2. The van der Waals surface area contributed by atoms with Gasteiger partial charge in [0.1, 0.15) is 0 Å². The number of fused-ring (bicyclic) bond motifs is 1. The van der Waals surface area contributed by atoms with Crippen molar-refractivity contribution in [3.63, 3.8) is 0 Å². The van der Waals surface area contributed by atoms with Gasteiger partial charge < -0.3 is 4.72 Å². The molecule has 0 spiro atoms. The molecule has 2 aromatic rings. The van der Waals surface area contributed by atoms with E-state index >= 15 is 0 Å². The Morgan fingerprint density at radius 1 is 1.47 bits per heavy atom. The maximum Gasteiger partial charge on any atom is 0.165 e. The first-order chi connectivity index (χ1) is 7.24. The smallest absolute Gasteiger partial charge is 0.165 e. The van der Waals surface area contributed by atoms with Crippen molar-refractivity contribution in [2.45, 2.75) is 13.8 Å². The molecule has 0 radical (unpaired) electrons. The van der Waals surface area contributed by atoms with Crippen molar-refractivity contribution < 1.29 is 0 Å². The Bertz CT molecular complexity index is 476. The summed E-state index contributed by atoms with van der Waals surface area (Å²) in [5, 5.41) is 5.67. The summed E-state index contributed by atoms with van der Waals surface area (Å²) in [4.78, 5) is 0. The fourth-order valence-corrected chi connectivity index (χ4v) is 2.18. The zero-order valence-electron chi connectivity index (χ0n) is 9.24. The average Bonchev–Trinajstić information content (AvgIpc) is 2.54. The highest BCUT2D eigenvalue weighted by molar-refractivity contribution is 8.00. The number of benzene rings is 1. The van der Waals surface area contributed by atoms with E-state index in [9.17, 15) is 0 Å². The first-order valence-electron chi connectivity index (χ1n) is 5.04. The lowest BCUT2D eigenvalue weighted by atomic mass is 10.1. The van der Waals surface area contributed by atoms with Gasteiger partial charge in [-0.25, -0.2) is 0 Å². The maximum absolute atomic E-state index is 4.47.